The van der Waals surface area contributed by atoms with Crippen molar-refractivity contribution in [3.8, 4) is 5.69 Å². The Bertz CT molecular complexity index is 1740. The molecule has 0 fully saturated rings. The molecular formula is C28H17NS. The summed E-state index contributed by atoms with van der Waals surface area (Å²) in [5.41, 5.74) is 3.73. The van der Waals surface area contributed by atoms with Crippen LogP contribution in [0, 0.1) is 0 Å². The predicted molar refractivity (Wildman–Crippen MR) is 131 cm³/mol. The molecular weight excluding hydrogens is 382 g/mol. The van der Waals surface area contributed by atoms with Crippen LogP contribution in [0.25, 0.3) is 58.4 Å². The van der Waals surface area contributed by atoms with Crippen molar-refractivity contribution in [1.29, 1.82) is 0 Å². The molecule has 0 saturated heterocycles. The summed E-state index contributed by atoms with van der Waals surface area (Å²) in [6, 6.07) is 37.3. The third-order valence-electron chi connectivity index (χ3n) is 6.18. The Hall–Kier alpha value is -3.62. The molecule has 0 aliphatic carbocycles. The quantitative estimate of drug-likeness (QED) is 0.262. The minimum absolute atomic E-state index is 1.20. The van der Waals surface area contributed by atoms with Crippen LogP contribution in [0.4, 0.5) is 0 Å². The summed E-state index contributed by atoms with van der Waals surface area (Å²) in [7, 11) is 0. The first kappa shape index (κ1) is 16.2. The second-order valence-corrected chi connectivity index (χ2v) is 8.84. The summed E-state index contributed by atoms with van der Waals surface area (Å²) >= 11 is 1.92. The molecule has 0 unspecified atom stereocenters. The SMILES string of the molecule is c1ccc(-n2c3ccccc3c3c4sc5ccc6ccccc6c5c4ccc32)cc1. The molecule has 0 radical (unpaired) electrons. The summed E-state index contributed by atoms with van der Waals surface area (Å²) in [4.78, 5) is 0. The van der Waals surface area contributed by atoms with Gasteiger partial charge in [-0.2, -0.15) is 0 Å². The van der Waals surface area contributed by atoms with E-state index in [0.717, 1.165) is 0 Å². The van der Waals surface area contributed by atoms with E-state index in [9.17, 15) is 0 Å². The van der Waals surface area contributed by atoms with Crippen molar-refractivity contribution >= 4 is 64.1 Å². The molecule has 0 saturated carbocycles. The third-order valence-corrected chi connectivity index (χ3v) is 7.37. The number of hydrogen-bond acceptors (Lipinski definition) is 1. The van der Waals surface area contributed by atoms with E-state index in [-0.39, 0.29) is 0 Å². The van der Waals surface area contributed by atoms with Gasteiger partial charge in [0.2, 0.25) is 0 Å². The molecule has 7 rings (SSSR count). The average Bonchev–Trinajstić information content (AvgIpc) is 3.35. The van der Waals surface area contributed by atoms with Gasteiger partial charge in [-0.1, -0.05) is 72.8 Å². The summed E-state index contributed by atoms with van der Waals surface area (Å²) in [5.74, 6) is 0. The summed E-state index contributed by atoms with van der Waals surface area (Å²) < 4.78 is 5.13. The Morgan fingerprint density at radius 1 is 0.500 bits per heavy atom. The first-order chi connectivity index (χ1) is 14.9. The molecule has 0 aliphatic heterocycles. The normalized spacial score (nSPS) is 12.0. The minimum atomic E-state index is 1.20. The lowest BCUT2D eigenvalue weighted by molar-refractivity contribution is 1.18. The van der Waals surface area contributed by atoms with Crippen molar-refractivity contribution in [2.45, 2.75) is 0 Å². The van der Waals surface area contributed by atoms with Crippen LogP contribution in [0.2, 0.25) is 0 Å². The monoisotopic (exact) mass is 399 g/mol. The molecule has 0 spiro atoms. The highest BCUT2D eigenvalue weighted by atomic mass is 32.1. The van der Waals surface area contributed by atoms with Crippen LogP contribution >= 0.6 is 11.3 Å². The summed E-state index contributed by atoms with van der Waals surface area (Å²) in [5, 5.41) is 8.06. The van der Waals surface area contributed by atoms with Gasteiger partial charge in [0.15, 0.2) is 0 Å². The van der Waals surface area contributed by atoms with E-state index in [1.165, 1.54) is 58.4 Å². The Labute approximate surface area is 177 Å². The van der Waals surface area contributed by atoms with Crippen molar-refractivity contribution in [2.24, 2.45) is 0 Å². The third kappa shape index (κ3) is 2.06. The van der Waals surface area contributed by atoms with Gasteiger partial charge in [-0.3, -0.25) is 0 Å². The number of benzene rings is 5. The molecule has 2 heteroatoms. The molecule has 2 aromatic heterocycles. The Balaban J connectivity index is 1.73. The molecule has 0 aliphatic rings. The van der Waals surface area contributed by atoms with Gasteiger partial charge in [0.1, 0.15) is 0 Å². The lowest BCUT2D eigenvalue weighted by Crippen LogP contribution is -1.92. The second kappa shape index (κ2) is 5.94. The van der Waals surface area contributed by atoms with Gasteiger partial charge in [0.05, 0.1) is 11.0 Å². The number of nitrogens with zero attached hydrogens (tertiary/aromatic N) is 1. The van der Waals surface area contributed by atoms with Crippen LogP contribution < -0.4 is 0 Å². The largest absolute Gasteiger partial charge is 0.309 e. The first-order valence-electron chi connectivity index (χ1n) is 10.2. The fraction of sp³-hybridized carbons (Fsp3) is 0. The summed E-state index contributed by atoms with van der Waals surface area (Å²) in [6.45, 7) is 0. The molecule has 0 atom stereocenters. The van der Waals surface area contributed by atoms with Gasteiger partial charge in [0, 0.05) is 36.6 Å². The predicted octanol–water partition coefficient (Wildman–Crippen LogP) is 8.30. The van der Waals surface area contributed by atoms with Crippen LogP contribution in [0.15, 0.2) is 103 Å². The van der Waals surface area contributed by atoms with Crippen molar-refractivity contribution in [2.75, 3.05) is 0 Å². The van der Waals surface area contributed by atoms with E-state index in [1.807, 2.05) is 11.3 Å². The number of thiophene rings is 1. The molecule has 140 valence electrons. The summed E-state index contributed by atoms with van der Waals surface area (Å²) in [6.07, 6.45) is 0. The van der Waals surface area contributed by atoms with Gasteiger partial charge in [-0.25, -0.2) is 0 Å². The standard InChI is InChI=1S/C28H17NS/c1-2-9-19(10-3-1)29-23-13-7-6-12-21(23)27-24(29)16-15-22-26-20-11-5-4-8-18(20)14-17-25(26)30-28(22)27/h1-17H. The van der Waals surface area contributed by atoms with Crippen LogP contribution in [0.3, 0.4) is 0 Å². The fourth-order valence-electron chi connectivity index (χ4n) is 4.91. The second-order valence-electron chi connectivity index (χ2n) is 7.79. The minimum Gasteiger partial charge on any atom is -0.309 e. The molecule has 5 aromatic carbocycles. The number of aromatic nitrogens is 1. The van der Waals surface area contributed by atoms with Crippen molar-refractivity contribution in [3.05, 3.63) is 103 Å². The van der Waals surface area contributed by atoms with Gasteiger partial charge in [0.25, 0.3) is 0 Å². The zero-order chi connectivity index (χ0) is 19.7. The van der Waals surface area contributed by atoms with Gasteiger partial charge in [-0.05, 0) is 41.1 Å². The molecule has 2 heterocycles. The number of fused-ring (bicyclic) bond motifs is 9. The van der Waals surface area contributed by atoms with Gasteiger partial charge < -0.3 is 4.57 Å². The maximum Gasteiger partial charge on any atom is 0.0555 e. The molecule has 1 nitrogen and oxygen atoms in total. The van der Waals surface area contributed by atoms with Gasteiger partial charge >= 0.3 is 0 Å². The number of rotatable bonds is 1. The Morgan fingerprint density at radius 2 is 1.27 bits per heavy atom. The van der Waals surface area contributed by atoms with E-state index in [2.05, 4.69) is 108 Å². The van der Waals surface area contributed by atoms with Gasteiger partial charge in [-0.15, -0.1) is 11.3 Å². The van der Waals surface area contributed by atoms with Crippen molar-refractivity contribution in [3.63, 3.8) is 0 Å². The zero-order valence-corrected chi connectivity index (χ0v) is 17.0. The molecule has 30 heavy (non-hydrogen) atoms. The van der Waals surface area contributed by atoms with E-state index in [0.29, 0.717) is 0 Å². The maximum absolute atomic E-state index is 2.40. The topological polar surface area (TPSA) is 4.93 Å². The van der Waals surface area contributed by atoms with Crippen LogP contribution in [0.5, 0.6) is 0 Å². The maximum atomic E-state index is 2.40. The Kier molecular flexibility index (Phi) is 3.21. The van der Waals surface area contributed by atoms with Crippen LogP contribution in [-0.2, 0) is 0 Å². The number of para-hydroxylation sites is 2. The first-order valence-corrected chi connectivity index (χ1v) is 11.0. The molecule has 0 bridgehead atoms. The van der Waals surface area contributed by atoms with E-state index in [4.69, 9.17) is 0 Å². The zero-order valence-electron chi connectivity index (χ0n) is 16.2. The lowest BCUT2D eigenvalue weighted by atomic mass is 10.0. The highest BCUT2D eigenvalue weighted by Crippen LogP contribution is 2.45. The van der Waals surface area contributed by atoms with Crippen molar-refractivity contribution in [1.82, 2.24) is 4.57 Å². The van der Waals surface area contributed by atoms with Crippen LogP contribution in [0.1, 0.15) is 0 Å². The van der Waals surface area contributed by atoms with Crippen LogP contribution in [-0.4, -0.2) is 4.57 Å². The molecule has 7 aromatic rings. The number of hydrogen-bond donors (Lipinski definition) is 0. The average molecular weight is 400 g/mol. The smallest absolute Gasteiger partial charge is 0.0555 e. The van der Waals surface area contributed by atoms with E-state index < -0.39 is 0 Å². The lowest BCUT2D eigenvalue weighted by Gasteiger charge is -2.07. The van der Waals surface area contributed by atoms with E-state index in [1.54, 1.807) is 0 Å². The fourth-order valence-corrected chi connectivity index (χ4v) is 6.19. The van der Waals surface area contributed by atoms with Crippen molar-refractivity contribution < 1.29 is 0 Å². The highest BCUT2D eigenvalue weighted by Gasteiger charge is 2.17. The molecule has 0 N–H and O–H groups in total. The molecule has 0 amide bonds. The van der Waals surface area contributed by atoms with E-state index >= 15 is 0 Å². The highest BCUT2D eigenvalue weighted by molar-refractivity contribution is 7.27. The Morgan fingerprint density at radius 3 is 2.17 bits per heavy atom.